The molecule has 4 rings (SSSR count). The van der Waals surface area contributed by atoms with E-state index in [1.165, 1.54) is 16.8 Å². The van der Waals surface area contributed by atoms with Gasteiger partial charge in [-0.25, -0.2) is 4.68 Å². The first-order chi connectivity index (χ1) is 14.5. The van der Waals surface area contributed by atoms with E-state index in [4.69, 9.17) is 0 Å². The van der Waals surface area contributed by atoms with Crippen LogP contribution in [0.15, 0.2) is 42.5 Å². The number of hydrogen-bond acceptors (Lipinski definition) is 4. The molecule has 0 aliphatic heterocycles. The summed E-state index contributed by atoms with van der Waals surface area (Å²) in [5.41, 5.74) is 0.876. The van der Waals surface area contributed by atoms with Crippen molar-refractivity contribution in [3.05, 3.63) is 53.6 Å². The molecule has 10 heteroatoms. The van der Waals surface area contributed by atoms with Crippen LogP contribution in [0.2, 0.25) is 0 Å². The van der Waals surface area contributed by atoms with Gasteiger partial charge in [-0.05, 0) is 56.3 Å². The zero-order valence-electron chi connectivity index (χ0n) is 17.0. The van der Waals surface area contributed by atoms with Gasteiger partial charge in [0.1, 0.15) is 5.52 Å². The summed E-state index contributed by atoms with van der Waals surface area (Å²) in [6.07, 6.45) is -4.42. The number of hydrogen-bond donors (Lipinski definition) is 2. The summed E-state index contributed by atoms with van der Waals surface area (Å²) in [5.74, 6) is -0.358. The first-order valence-electron chi connectivity index (χ1n) is 9.48. The Labute approximate surface area is 175 Å². The lowest BCUT2D eigenvalue weighted by Crippen LogP contribution is -2.38. The second-order valence-electron chi connectivity index (χ2n) is 7.99. The molecular weight excluding hydrogens is 411 g/mol. The molecule has 31 heavy (non-hydrogen) atoms. The molecule has 2 aromatic carbocycles. The number of fused-ring (bicyclic) bond motifs is 3. The molecule has 0 atom stereocenters. The highest BCUT2D eigenvalue weighted by Gasteiger charge is 2.30. The van der Waals surface area contributed by atoms with Gasteiger partial charge in [0, 0.05) is 30.2 Å². The number of amides is 1. The zero-order chi connectivity index (χ0) is 22.6. The highest BCUT2D eigenvalue weighted by molar-refractivity contribution is 6.09. The number of nitrogens with zero attached hydrogens (tertiary/aromatic N) is 4. The minimum absolute atomic E-state index is 0.0803. The second kappa shape index (κ2) is 7.09. The lowest BCUT2D eigenvalue weighted by molar-refractivity contribution is -0.137. The third-order valence-electron chi connectivity index (χ3n) is 4.90. The first kappa shape index (κ1) is 20.9. The maximum Gasteiger partial charge on any atom is 0.416 e. The fourth-order valence-electron chi connectivity index (χ4n) is 3.41. The van der Waals surface area contributed by atoms with E-state index in [0.717, 1.165) is 12.1 Å². The molecule has 4 aromatic rings. The van der Waals surface area contributed by atoms with Crippen LogP contribution in [0.3, 0.4) is 0 Å². The van der Waals surface area contributed by atoms with Gasteiger partial charge in [-0.2, -0.15) is 13.2 Å². The number of aliphatic hydroxyl groups is 1. The van der Waals surface area contributed by atoms with E-state index in [1.54, 1.807) is 43.7 Å². The van der Waals surface area contributed by atoms with E-state index < -0.39 is 17.3 Å². The minimum Gasteiger partial charge on any atom is -0.389 e. The Morgan fingerprint density at radius 1 is 1.13 bits per heavy atom. The number of rotatable bonds is 4. The van der Waals surface area contributed by atoms with Crippen LogP contribution in [0.4, 0.5) is 13.2 Å². The van der Waals surface area contributed by atoms with E-state index in [9.17, 15) is 23.1 Å². The molecule has 0 saturated heterocycles. The Morgan fingerprint density at radius 2 is 1.81 bits per heavy atom. The van der Waals surface area contributed by atoms with Crippen LogP contribution < -0.4 is 5.32 Å². The summed E-state index contributed by atoms with van der Waals surface area (Å²) in [5, 5.41) is 21.3. The van der Waals surface area contributed by atoms with Crippen molar-refractivity contribution in [3.63, 3.8) is 0 Å². The molecule has 0 fully saturated rings. The SMILES string of the molecule is Cn1nnc2c3cc(C(=O)NCC(C)(C)O)ccc3n(-c3ccc(C(F)(F)F)cc3)c21. The third kappa shape index (κ3) is 3.86. The molecule has 2 N–H and O–H groups in total. The average molecular weight is 431 g/mol. The number of carbonyl (C=O) groups is 1. The van der Waals surface area contributed by atoms with E-state index in [1.807, 2.05) is 0 Å². The largest absolute Gasteiger partial charge is 0.416 e. The summed E-state index contributed by atoms with van der Waals surface area (Å²) < 4.78 is 42.1. The number of nitrogens with one attached hydrogen (secondary N) is 1. The van der Waals surface area contributed by atoms with Crippen molar-refractivity contribution in [2.24, 2.45) is 7.05 Å². The zero-order valence-corrected chi connectivity index (χ0v) is 17.0. The lowest BCUT2D eigenvalue weighted by Gasteiger charge is -2.17. The van der Waals surface area contributed by atoms with Gasteiger partial charge < -0.3 is 10.4 Å². The van der Waals surface area contributed by atoms with Crippen molar-refractivity contribution >= 4 is 28.0 Å². The number of alkyl halides is 3. The second-order valence-corrected chi connectivity index (χ2v) is 7.99. The van der Waals surface area contributed by atoms with Crippen LogP contribution in [0.1, 0.15) is 29.8 Å². The fraction of sp³-hybridized carbons (Fsp3) is 0.286. The maximum atomic E-state index is 13.0. The topological polar surface area (TPSA) is 85.0 Å². The van der Waals surface area contributed by atoms with Crippen molar-refractivity contribution in [2.75, 3.05) is 6.54 Å². The standard InChI is InChI=1S/C21H20F3N5O2/c1-20(2,31)11-25-18(30)12-4-9-16-15(10-12)17-19(28(3)27-26-17)29(16)14-7-5-13(6-8-14)21(22,23)24/h4-10,31H,11H2,1-3H3,(H,25,30). The molecule has 7 nitrogen and oxygen atoms in total. The first-order valence-corrected chi connectivity index (χ1v) is 9.48. The molecule has 162 valence electrons. The molecule has 0 spiro atoms. The molecule has 0 saturated carbocycles. The highest BCUT2D eigenvalue weighted by atomic mass is 19.4. The number of aromatic nitrogens is 4. The van der Waals surface area contributed by atoms with Gasteiger partial charge in [-0.1, -0.05) is 5.21 Å². The van der Waals surface area contributed by atoms with Gasteiger partial charge >= 0.3 is 6.18 Å². The van der Waals surface area contributed by atoms with Gasteiger partial charge in [-0.15, -0.1) is 5.10 Å². The predicted octanol–water partition coefficient (Wildman–Crippen LogP) is 3.43. The fourth-order valence-corrected chi connectivity index (χ4v) is 3.41. The van der Waals surface area contributed by atoms with Crippen LogP contribution in [0.5, 0.6) is 0 Å². The summed E-state index contributed by atoms with van der Waals surface area (Å²) in [6.45, 7) is 3.25. The van der Waals surface area contributed by atoms with E-state index in [0.29, 0.717) is 33.3 Å². The third-order valence-corrected chi connectivity index (χ3v) is 4.90. The molecule has 0 unspecified atom stereocenters. The summed E-state index contributed by atoms with van der Waals surface area (Å²) >= 11 is 0. The Morgan fingerprint density at radius 3 is 2.42 bits per heavy atom. The Bertz CT molecular complexity index is 1280. The van der Waals surface area contributed by atoms with Crippen LogP contribution in [-0.2, 0) is 13.2 Å². The van der Waals surface area contributed by atoms with Crippen LogP contribution >= 0.6 is 0 Å². The predicted molar refractivity (Wildman–Crippen MR) is 109 cm³/mol. The molecule has 0 radical (unpaired) electrons. The summed E-state index contributed by atoms with van der Waals surface area (Å²) in [4.78, 5) is 12.5. The highest BCUT2D eigenvalue weighted by Crippen LogP contribution is 2.33. The average Bonchev–Trinajstić information content (AvgIpc) is 3.22. The van der Waals surface area contributed by atoms with Gasteiger partial charge in [0.2, 0.25) is 0 Å². The van der Waals surface area contributed by atoms with Crippen molar-refractivity contribution in [1.29, 1.82) is 0 Å². The Hall–Kier alpha value is -3.40. The van der Waals surface area contributed by atoms with Crippen molar-refractivity contribution in [1.82, 2.24) is 24.9 Å². The number of aryl methyl sites for hydroxylation is 1. The van der Waals surface area contributed by atoms with Gasteiger partial charge in [-0.3, -0.25) is 9.36 Å². The molecule has 0 bridgehead atoms. The van der Waals surface area contributed by atoms with Crippen LogP contribution in [0, 0.1) is 0 Å². The van der Waals surface area contributed by atoms with Gasteiger partial charge in [0.05, 0.1) is 16.7 Å². The Kier molecular flexibility index (Phi) is 4.77. The quantitative estimate of drug-likeness (QED) is 0.519. The molecular formula is C21H20F3N5O2. The molecule has 0 aliphatic rings. The molecule has 1 amide bonds. The van der Waals surface area contributed by atoms with Gasteiger partial charge in [0.25, 0.3) is 5.91 Å². The van der Waals surface area contributed by atoms with Crippen molar-refractivity contribution in [2.45, 2.75) is 25.6 Å². The Balaban J connectivity index is 1.83. The summed E-state index contributed by atoms with van der Waals surface area (Å²) in [7, 11) is 1.69. The smallest absolute Gasteiger partial charge is 0.389 e. The number of halogens is 3. The summed E-state index contributed by atoms with van der Waals surface area (Å²) in [6, 6.07) is 9.82. The van der Waals surface area contributed by atoms with Crippen molar-refractivity contribution in [3.8, 4) is 5.69 Å². The number of benzene rings is 2. The normalized spacial score (nSPS) is 12.6. The van der Waals surface area contributed by atoms with Gasteiger partial charge in [0.15, 0.2) is 5.65 Å². The van der Waals surface area contributed by atoms with Crippen molar-refractivity contribution < 1.29 is 23.1 Å². The van der Waals surface area contributed by atoms with Crippen LogP contribution in [-0.4, -0.2) is 42.7 Å². The molecule has 2 heterocycles. The lowest BCUT2D eigenvalue weighted by atomic mass is 10.1. The molecule has 0 aliphatic carbocycles. The molecule has 2 aromatic heterocycles. The minimum atomic E-state index is -4.42. The van der Waals surface area contributed by atoms with E-state index in [-0.39, 0.29) is 12.5 Å². The monoisotopic (exact) mass is 431 g/mol. The van der Waals surface area contributed by atoms with E-state index in [2.05, 4.69) is 15.6 Å². The number of carbonyl (C=O) groups excluding carboxylic acids is 1. The van der Waals surface area contributed by atoms with E-state index >= 15 is 0 Å². The maximum absolute atomic E-state index is 13.0. The van der Waals surface area contributed by atoms with Crippen LogP contribution in [0.25, 0.3) is 27.8 Å².